The third-order valence-electron chi connectivity index (χ3n) is 4.16. The summed E-state index contributed by atoms with van der Waals surface area (Å²) in [5.74, 6) is -1.16. The van der Waals surface area contributed by atoms with Gasteiger partial charge in [0.25, 0.3) is 0 Å². The molecule has 1 fully saturated rings. The zero-order chi connectivity index (χ0) is 17.5. The van der Waals surface area contributed by atoms with Crippen LogP contribution in [0.25, 0.3) is 0 Å². The molecule has 0 saturated carbocycles. The fraction of sp³-hybridized carbons (Fsp3) is 0.474. The number of hydrogen-bond donors (Lipinski definition) is 2. The van der Waals surface area contributed by atoms with Gasteiger partial charge in [-0.05, 0) is 51.3 Å². The molecular weight excluding hydrogens is 302 g/mol. The van der Waals surface area contributed by atoms with Crippen LogP contribution in [0.5, 0.6) is 0 Å². The summed E-state index contributed by atoms with van der Waals surface area (Å²) >= 11 is 0. The molecule has 1 heterocycles. The maximum atomic E-state index is 12.1. The molecule has 5 heteroatoms. The van der Waals surface area contributed by atoms with Crippen molar-refractivity contribution >= 4 is 17.5 Å². The molecule has 2 amide bonds. The number of hydrogen-bond acceptors (Lipinski definition) is 3. The molecule has 0 unspecified atom stereocenters. The van der Waals surface area contributed by atoms with E-state index in [4.69, 9.17) is 0 Å². The van der Waals surface area contributed by atoms with Gasteiger partial charge in [0.15, 0.2) is 0 Å². The zero-order valence-electron chi connectivity index (χ0n) is 14.8. The molecule has 5 nitrogen and oxygen atoms in total. The minimum Gasteiger partial charge on any atom is -0.345 e. The van der Waals surface area contributed by atoms with Crippen LogP contribution in [-0.2, 0) is 9.59 Å². The summed E-state index contributed by atoms with van der Waals surface area (Å²) in [6.07, 6.45) is 3.97. The second kappa shape index (κ2) is 8.64. The molecule has 0 radical (unpaired) electrons. The Hall–Kier alpha value is -2.14. The highest BCUT2D eigenvalue weighted by Gasteiger charge is 2.23. The van der Waals surface area contributed by atoms with E-state index < -0.39 is 11.8 Å². The van der Waals surface area contributed by atoms with Crippen LogP contribution in [0.3, 0.4) is 0 Å². The van der Waals surface area contributed by atoms with E-state index in [0.29, 0.717) is 5.69 Å². The first-order chi connectivity index (χ1) is 11.4. The van der Waals surface area contributed by atoms with Crippen molar-refractivity contribution in [1.29, 1.82) is 0 Å². The lowest BCUT2D eigenvalue weighted by atomic mass is 10.0. The Labute approximate surface area is 144 Å². The monoisotopic (exact) mass is 329 g/mol. The molecule has 1 aromatic rings. The normalized spacial score (nSPS) is 15.6. The van der Waals surface area contributed by atoms with Crippen molar-refractivity contribution in [3.05, 3.63) is 41.5 Å². The van der Waals surface area contributed by atoms with Crippen molar-refractivity contribution in [3.63, 3.8) is 0 Å². The highest BCUT2D eigenvalue weighted by atomic mass is 16.2. The number of anilines is 1. The first-order valence-corrected chi connectivity index (χ1v) is 8.48. The Bertz CT molecular complexity index is 613. The Morgan fingerprint density at radius 1 is 1.21 bits per heavy atom. The first-order valence-electron chi connectivity index (χ1n) is 8.48. The van der Waals surface area contributed by atoms with Crippen LogP contribution in [0.1, 0.15) is 32.3 Å². The standard InChI is InChI=1S/C19H27N3O2/c1-14(2)7-10-22-11-8-16(9-12-22)20-18(23)19(24)21-17-6-4-5-15(3)13-17/h4-7,13,16H,8-12H2,1-3H3,(H,20,23)(H,21,24). The van der Waals surface area contributed by atoms with E-state index in [1.54, 1.807) is 6.07 Å². The van der Waals surface area contributed by atoms with Crippen LogP contribution >= 0.6 is 0 Å². The first kappa shape index (κ1) is 18.2. The van der Waals surface area contributed by atoms with E-state index in [1.807, 2.05) is 25.1 Å². The van der Waals surface area contributed by atoms with Gasteiger partial charge < -0.3 is 10.6 Å². The molecule has 1 aliphatic heterocycles. The summed E-state index contributed by atoms with van der Waals surface area (Å²) in [7, 11) is 0. The SMILES string of the molecule is CC(C)=CCN1CCC(NC(=O)C(=O)Nc2cccc(C)c2)CC1. The van der Waals surface area contributed by atoms with Gasteiger partial charge in [0.05, 0.1) is 0 Å². The van der Waals surface area contributed by atoms with Crippen LogP contribution < -0.4 is 10.6 Å². The number of allylic oxidation sites excluding steroid dienone is 1. The average molecular weight is 329 g/mol. The molecule has 0 bridgehead atoms. The van der Waals surface area contributed by atoms with Gasteiger partial charge in [-0.3, -0.25) is 14.5 Å². The number of carbonyl (C=O) groups excluding carboxylic acids is 2. The van der Waals surface area contributed by atoms with Gasteiger partial charge in [0.2, 0.25) is 0 Å². The molecule has 0 atom stereocenters. The van der Waals surface area contributed by atoms with Gasteiger partial charge in [-0.2, -0.15) is 0 Å². The van der Waals surface area contributed by atoms with E-state index >= 15 is 0 Å². The molecule has 1 aliphatic rings. The van der Waals surface area contributed by atoms with Crippen LogP contribution in [-0.4, -0.2) is 42.4 Å². The Kier molecular flexibility index (Phi) is 6.55. The lowest BCUT2D eigenvalue weighted by molar-refractivity contribution is -0.136. The van der Waals surface area contributed by atoms with Crippen LogP contribution in [0, 0.1) is 6.92 Å². The molecular formula is C19H27N3O2. The van der Waals surface area contributed by atoms with E-state index in [2.05, 4.69) is 35.5 Å². The minimum absolute atomic E-state index is 0.0729. The van der Waals surface area contributed by atoms with E-state index in [1.165, 1.54) is 5.57 Å². The number of nitrogens with one attached hydrogen (secondary N) is 2. The molecule has 2 rings (SSSR count). The Morgan fingerprint density at radius 2 is 1.92 bits per heavy atom. The number of aryl methyl sites for hydroxylation is 1. The summed E-state index contributed by atoms with van der Waals surface area (Å²) in [6.45, 7) is 8.97. The number of piperidine rings is 1. The highest BCUT2D eigenvalue weighted by molar-refractivity contribution is 6.39. The molecule has 1 saturated heterocycles. The summed E-state index contributed by atoms with van der Waals surface area (Å²) < 4.78 is 0. The quantitative estimate of drug-likeness (QED) is 0.659. The summed E-state index contributed by atoms with van der Waals surface area (Å²) in [5, 5.41) is 5.49. The van der Waals surface area contributed by atoms with Crippen molar-refractivity contribution in [2.75, 3.05) is 25.0 Å². The number of nitrogens with zero attached hydrogens (tertiary/aromatic N) is 1. The number of benzene rings is 1. The second-order valence-electron chi connectivity index (χ2n) is 6.65. The lowest BCUT2D eigenvalue weighted by Crippen LogP contribution is -2.47. The van der Waals surface area contributed by atoms with Crippen LogP contribution in [0.2, 0.25) is 0 Å². The third-order valence-corrected chi connectivity index (χ3v) is 4.16. The predicted octanol–water partition coefficient (Wildman–Crippen LogP) is 2.48. The summed E-state index contributed by atoms with van der Waals surface area (Å²) in [4.78, 5) is 26.4. The van der Waals surface area contributed by atoms with E-state index in [-0.39, 0.29) is 6.04 Å². The van der Waals surface area contributed by atoms with E-state index in [0.717, 1.165) is 38.0 Å². The van der Waals surface area contributed by atoms with Crippen molar-refractivity contribution < 1.29 is 9.59 Å². The third kappa shape index (κ3) is 5.81. The number of amides is 2. The van der Waals surface area contributed by atoms with Crippen LogP contribution in [0.15, 0.2) is 35.9 Å². The maximum absolute atomic E-state index is 12.1. The fourth-order valence-corrected chi connectivity index (χ4v) is 2.73. The second-order valence-corrected chi connectivity index (χ2v) is 6.65. The maximum Gasteiger partial charge on any atom is 0.313 e. The minimum atomic E-state index is -0.604. The van der Waals surface area contributed by atoms with Crippen molar-refractivity contribution in [3.8, 4) is 0 Å². The highest BCUT2D eigenvalue weighted by Crippen LogP contribution is 2.12. The van der Waals surface area contributed by atoms with Gasteiger partial charge >= 0.3 is 11.8 Å². The Balaban J connectivity index is 1.76. The van der Waals surface area contributed by atoms with Gasteiger partial charge in [-0.25, -0.2) is 0 Å². The molecule has 2 N–H and O–H groups in total. The van der Waals surface area contributed by atoms with Gasteiger partial charge in [0, 0.05) is 31.4 Å². The summed E-state index contributed by atoms with van der Waals surface area (Å²) in [5.41, 5.74) is 3.00. The van der Waals surface area contributed by atoms with Gasteiger partial charge in [-0.1, -0.05) is 23.8 Å². The van der Waals surface area contributed by atoms with Crippen LogP contribution in [0.4, 0.5) is 5.69 Å². The fourth-order valence-electron chi connectivity index (χ4n) is 2.73. The van der Waals surface area contributed by atoms with E-state index in [9.17, 15) is 9.59 Å². The van der Waals surface area contributed by atoms with Gasteiger partial charge in [-0.15, -0.1) is 0 Å². The largest absolute Gasteiger partial charge is 0.345 e. The predicted molar refractivity (Wildman–Crippen MR) is 96.8 cm³/mol. The zero-order valence-corrected chi connectivity index (χ0v) is 14.8. The summed E-state index contributed by atoms with van der Waals surface area (Å²) in [6, 6.07) is 7.49. The molecule has 0 spiro atoms. The molecule has 0 aromatic heterocycles. The molecule has 24 heavy (non-hydrogen) atoms. The average Bonchev–Trinajstić information content (AvgIpc) is 2.54. The van der Waals surface area contributed by atoms with Crippen molar-refractivity contribution in [2.24, 2.45) is 0 Å². The Morgan fingerprint density at radius 3 is 2.54 bits per heavy atom. The topological polar surface area (TPSA) is 61.4 Å². The van der Waals surface area contributed by atoms with Crippen molar-refractivity contribution in [1.82, 2.24) is 10.2 Å². The van der Waals surface area contributed by atoms with Crippen molar-refractivity contribution in [2.45, 2.75) is 39.7 Å². The number of carbonyl (C=O) groups is 2. The molecule has 130 valence electrons. The van der Waals surface area contributed by atoms with Gasteiger partial charge in [0.1, 0.15) is 0 Å². The molecule has 0 aliphatic carbocycles. The lowest BCUT2D eigenvalue weighted by Gasteiger charge is -2.31. The molecule has 1 aromatic carbocycles. The smallest absolute Gasteiger partial charge is 0.313 e. The number of likely N-dealkylation sites (tertiary alicyclic amines) is 1. The number of rotatable bonds is 4.